The molecule has 3 aromatic carbocycles. The number of hydrogen-bond acceptors (Lipinski definition) is 10. The number of benzene rings is 3. The summed E-state index contributed by atoms with van der Waals surface area (Å²) < 4.78 is 24.4. The fourth-order valence-corrected chi connectivity index (χ4v) is 4.59. The minimum atomic E-state index is -1.39. The van der Waals surface area contributed by atoms with Gasteiger partial charge in [0, 0.05) is 12.6 Å². The Balaban J connectivity index is 1.50. The molecule has 5 rings (SSSR count). The van der Waals surface area contributed by atoms with Crippen molar-refractivity contribution in [3.63, 3.8) is 0 Å². The van der Waals surface area contributed by atoms with E-state index in [-0.39, 0.29) is 34.8 Å². The van der Waals surface area contributed by atoms with Crippen LogP contribution in [0.25, 0.3) is 0 Å². The molecule has 1 aliphatic heterocycles. The maximum absolute atomic E-state index is 13.3. The Morgan fingerprint density at radius 3 is 1.78 bits per heavy atom. The second-order valence-corrected chi connectivity index (χ2v) is 9.91. The van der Waals surface area contributed by atoms with Gasteiger partial charge < -0.3 is 24.3 Å². The van der Waals surface area contributed by atoms with E-state index in [4.69, 9.17) is 18.9 Å². The average Bonchev–Trinajstić information content (AvgIpc) is 3.40. The molecular formula is C33H29N3O9. The van der Waals surface area contributed by atoms with Gasteiger partial charge in [-0.1, -0.05) is 61.5 Å². The van der Waals surface area contributed by atoms with Crippen LogP contribution in [0, 0.1) is 0 Å². The number of amides is 1. The highest BCUT2D eigenvalue weighted by atomic mass is 16.7. The van der Waals surface area contributed by atoms with Crippen LogP contribution >= 0.6 is 0 Å². The van der Waals surface area contributed by atoms with Crippen molar-refractivity contribution in [1.29, 1.82) is 0 Å². The summed E-state index contributed by atoms with van der Waals surface area (Å²) in [4.78, 5) is 68.3. The molecule has 0 bridgehead atoms. The first kappa shape index (κ1) is 30.8. The summed E-state index contributed by atoms with van der Waals surface area (Å²) in [6, 6.07) is 25.8. The highest BCUT2D eigenvalue weighted by Gasteiger charge is 2.51. The van der Waals surface area contributed by atoms with E-state index in [9.17, 15) is 24.0 Å². The molecule has 0 unspecified atom stereocenters. The minimum Gasteiger partial charge on any atom is -0.459 e. The Bertz CT molecular complexity index is 1710. The summed E-state index contributed by atoms with van der Waals surface area (Å²) in [5.74, 6) is -2.53. The van der Waals surface area contributed by atoms with E-state index in [2.05, 4.69) is 10.3 Å². The molecule has 4 atom stereocenters. The van der Waals surface area contributed by atoms with Crippen molar-refractivity contribution in [2.24, 2.45) is 0 Å². The van der Waals surface area contributed by atoms with Gasteiger partial charge in [-0.05, 0) is 42.5 Å². The molecule has 4 aromatic rings. The van der Waals surface area contributed by atoms with Gasteiger partial charge >= 0.3 is 23.6 Å². The number of ether oxygens (including phenoxy) is 4. The molecule has 1 N–H and O–H groups in total. The van der Waals surface area contributed by atoms with Crippen molar-refractivity contribution in [3.8, 4) is 0 Å². The Labute approximate surface area is 257 Å². The average molecular weight is 612 g/mol. The zero-order valence-electron chi connectivity index (χ0n) is 24.1. The van der Waals surface area contributed by atoms with Crippen molar-refractivity contribution in [2.45, 2.75) is 37.9 Å². The lowest BCUT2D eigenvalue weighted by atomic mass is 10.1. The molecule has 0 saturated carbocycles. The van der Waals surface area contributed by atoms with Gasteiger partial charge in [-0.15, -0.1) is 0 Å². The fourth-order valence-electron chi connectivity index (χ4n) is 4.59. The van der Waals surface area contributed by atoms with Gasteiger partial charge in [0.05, 0.1) is 16.7 Å². The van der Waals surface area contributed by atoms with E-state index >= 15 is 0 Å². The number of carbonyl (C=O) groups is 4. The molecule has 1 amide bonds. The summed E-state index contributed by atoms with van der Waals surface area (Å²) in [7, 11) is 0. The van der Waals surface area contributed by atoms with Gasteiger partial charge in [0.2, 0.25) is 5.91 Å². The highest BCUT2D eigenvalue weighted by molar-refractivity contribution is 5.91. The van der Waals surface area contributed by atoms with Gasteiger partial charge in [0.25, 0.3) is 0 Å². The van der Waals surface area contributed by atoms with Gasteiger partial charge in [0.15, 0.2) is 18.4 Å². The molecule has 1 aliphatic rings. The van der Waals surface area contributed by atoms with Crippen LogP contribution in [0.15, 0.2) is 108 Å². The standard InChI is InChI=1S/C33H29N3O9/c1-2-26(37)34-25-18-19-36(33(41)35-25)29-28(45-32(40)23-16-10-5-11-17-23)27(44-31(39)22-14-8-4-9-15-22)24(43-29)20-42-30(38)21-12-6-3-7-13-21/h3-19,24,27-29H,2,20H2,1H3,(H,34,35,37,41)/t24-,27-,28-,29-/m1/s1. The molecule has 1 saturated heterocycles. The summed E-state index contributed by atoms with van der Waals surface area (Å²) in [6.07, 6.45) is -3.76. The summed E-state index contributed by atoms with van der Waals surface area (Å²) >= 11 is 0. The van der Waals surface area contributed by atoms with E-state index in [1.54, 1.807) is 85.8 Å². The second-order valence-electron chi connectivity index (χ2n) is 9.91. The topological polar surface area (TPSA) is 152 Å². The Morgan fingerprint density at radius 1 is 0.756 bits per heavy atom. The van der Waals surface area contributed by atoms with E-state index in [0.717, 1.165) is 4.57 Å². The number of hydrogen-bond donors (Lipinski definition) is 1. The number of aromatic nitrogens is 2. The largest absolute Gasteiger partial charge is 0.459 e. The first-order valence-corrected chi connectivity index (χ1v) is 14.1. The number of esters is 3. The van der Waals surface area contributed by atoms with Gasteiger partial charge in [-0.25, -0.2) is 19.2 Å². The van der Waals surface area contributed by atoms with Crippen LogP contribution in [0.1, 0.15) is 50.6 Å². The van der Waals surface area contributed by atoms with Crippen molar-refractivity contribution >= 4 is 29.6 Å². The van der Waals surface area contributed by atoms with E-state index < -0.39 is 54.7 Å². The molecule has 0 radical (unpaired) electrons. The summed E-state index contributed by atoms with van der Waals surface area (Å²) in [5.41, 5.74) is -0.151. The van der Waals surface area contributed by atoms with Crippen molar-refractivity contribution < 1.29 is 38.1 Å². The van der Waals surface area contributed by atoms with Crippen LogP contribution < -0.4 is 11.0 Å². The Kier molecular flexibility index (Phi) is 9.75. The van der Waals surface area contributed by atoms with Gasteiger partial charge in [0.1, 0.15) is 18.5 Å². The quantitative estimate of drug-likeness (QED) is 0.207. The second kappa shape index (κ2) is 14.2. The molecule has 2 heterocycles. The molecule has 12 nitrogen and oxygen atoms in total. The minimum absolute atomic E-state index is 0.0133. The number of rotatable bonds is 10. The number of anilines is 1. The van der Waals surface area contributed by atoms with Crippen LogP contribution in [0.4, 0.5) is 5.82 Å². The van der Waals surface area contributed by atoms with Crippen molar-refractivity contribution in [3.05, 3.63) is 130 Å². The molecule has 1 fully saturated rings. The molecule has 1 aromatic heterocycles. The number of nitrogens with one attached hydrogen (secondary N) is 1. The zero-order chi connectivity index (χ0) is 31.8. The van der Waals surface area contributed by atoms with E-state index in [0.29, 0.717) is 0 Å². The molecule has 45 heavy (non-hydrogen) atoms. The van der Waals surface area contributed by atoms with Crippen LogP contribution in [-0.4, -0.2) is 58.3 Å². The van der Waals surface area contributed by atoms with E-state index in [1.165, 1.54) is 24.4 Å². The smallest absolute Gasteiger partial charge is 0.351 e. The molecule has 0 spiro atoms. The van der Waals surface area contributed by atoms with E-state index in [1.807, 2.05) is 0 Å². The van der Waals surface area contributed by atoms with Crippen LogP contribution in [0.3, 0.4) is 0 Å². The highest BCUT2D eigenvalue weighted by Crippen LogP contribution is 2.35. The van der Waals surface area contributed by atoms with Crippen molar-refractivity contribution in [2.75, 3.05) is 11.9 Å². The number of carbonyl (C=O) groups excluding carboxylic acids is 4. The van der Waals surface area contributed by atoms with Gasteiger partial charge in [-0.2, -0.15) is 4.98 Å². The van der Waals surface area contributed by atoms with Crippen LogP contribution in [0.2, 0.25) is 0 Å². The maximum Gasteiger partial charge on any atom is 0.351 e. The Morgan fingerprint density at radius 2 is 1.27 bits per heavy atom. The predicted molar refractivity (Wildman–Crippen MR) is 159 cm³/mol. The predicted octanol–water partition coefficient (Wildman–Crippen LogP) is 3.80. The van der Waals surface area contributed by atoms with Gasteiger partial charge in [-0.3, -0.25) is 9.36 Å². The summed E-state index contributed by atoms with van der Waals surface area (Å²) in [5, 5.41) is 2.51. The maximum atomic E-state index is 13.3. The lowest BCUT2D eigenvalue weighted by Crippen LogP contribution is -2.42. The molecule has 12 heteroatoms. The third-order valence-corrected chi connectivity index (χ3v) is 6.87. The molecular weight excluding hydrogens is 582 g/mol. The Hall–Kier alpha value is -5.62. The summed E-state index contributed by atoms with van der Waals surface area (Å²) in [6.45, 7) is 1.24. The lowest BCUT2D eigenvalue weighted by molar-refractivity contribution is -0.115. The molecule has 0 aliphatic carbocycles. The van der Waals surface area contributed by atoms with Crippen LogP contribution in [0.5, 0.6) is 0 Å². The van der Waals surface area contributed by atoms with Crippen LogP contribution in [-0.2, 0) is 23.7 Å². The normalized spacial score (nSPS) is 18.9. The number of nitrogens with zero attached hydrogens (tertiary/aromatic N) is 2. The van der Waals surface area contributed by atoms with Crippen molar-refractivity contribution in [1.82, 2.24) is 9.55 Å². The third kappa shape index (κ3) is 7.48. The first-order valence-electron chi connectivity index (χ1n) is 14.1. The fraction of sp³-hybridized carbons (Fsp3) is 0.212. The SMILES string of the molecule is CCC(=O)Nc1ccn([C@@H]2O[C@H](COC(=O)c3ccccc3)[C@@H](OC(=O)c3ccccc3)[C@H]2OC(=O)c2ccccc2)c(=O)n1. The molecule has 230 valence electrons. The first-order chi connectivity index (χ1) is 21.8. The third-order valence-electron chi connectivity index (χ3n) is 6.87. The lowest BCUT2D eigenvalue weighted by Gasteiger charge is -2.25. The zero-order valence-corrected chi connectivity index (χ0v) is 24.1. The monoisotopic (exact) mass is 611 g/mol.